The number of fused-ring (bicyclic) bond motifs is 1. The number of aromatic nitrogens is 2. The predicted octanol–water partition coefficient (Wildman–Crippen LogP) is 3.58. The first-order chi connectivity index (χ1) is 6.59. The molecule has 1 aromatic carbocycles. The van der Waals surface area contributed by atoms with Crippen LogP contribution in [0.15, 0.2) is 18.2 Å². The third kappa shape index (κ3) is 1.40. The molecule has 0 radical (unpaired) electrons. The second kappa shape index (κ2) is 3.28. The van der Waals surface area contributed by atoms with Crippen LogP contribution in [0, 0.1) is 6.92 Å². The first kappa shape index (κ1) is 9.53. The Balaban J connectivity index is 2.79. The van der Waals surface area contributed by atoms with Crippen molar-refractivity contribution in [2.24, 2.45) is 0 Å². The summed E-state index contributed by atoms with van der Waals surface area (Å²) in [5.41, 5.74) is 2.13. The monoisotopic (exact) mass is 208 g/mol. The Hall–Kier alpha value is -1.02. The van der Waals surface area contributed by atoms with E-state index in [1.165, 1.54) is 0 Å². The largest absolute Gasteiger partial charge is 0.326 e. The van der Waals surface area contributed by atoms with Crippen LogP contribution in [0.25, 0.3) is 11.0 Å². The third-order valence-electron chi connectivity index (χ3n) is 2.34. The fraction of sp³-hybridized carbons (Fsp3) is 0.364. The van der Waals surface area contributed by atoms with Crippen molar-refractivity contribution in [1.82, 2.24) is 9.55 Å². The molecule has 0 atom stereocenters. The van der Waals surface area contributed by atoms with Gasteiger partial charge in [-0.2, -0.15) is 0 Å². The first-order valence-corrected chi connectivity index (χ1v) is 5.11. The maximum atomic E-state index is 5.96. The average molecular weight is 209 g/mol. The SMILES string of the molecule is Cc1nc2ccc(Cl)cc2n1C(C)C. The maximum absolute atomic E-state index is 5.96. The lowest BCUT2D eigenvalue weighted by molar-refractivity contribution is 0.600. The first-order valence-electron chi connectivity index (χ1n) is 4.73. The fourth-order valence-corrected chi connectivity index (χ4v) is 2.00. The molecule has 0 aliphatic carbocycles. The summed E-state index contributed by atoms with van der Waals surface area (Å²) < 4.78 is 2.20. The molecular formula is C11H13ClN2. The molecule has 0 spiro atoms. The molecule has 14 heavy (non-hydrogen) atoms. The van der Waals surface area contributed by atoms with Gasteiger partial charge in [0.15, 0.2) is 0 Å². The summed E-state index contributed by atoms with van der Waals surface area (Å²) in [6.07, 6.45) is 0. The summed E-state index contributed by atoms with van der Waals surface area (Å²) in [6.45, 7) is 6.32. The number of aryl methyl sites for hydroxylation is 1. The summed E-state index contributed by atoms with van der Waals surface area (Å²) in [5, 5.41) is 0.763. The molecule has 3 heteroatoms. The quantitative estimate of drug-likeness (QED) is 0.701. The van der Waals surface area contributed by atoms with Crippen molar-refractivity contribution < 1.29 is 0 Å². The molecule has 0 fully saturated rings. The van der Waals surface area contributed by atoms with Gasteiger partial charge in [-0.1, -0.05) is 11.6 Å². The summed E-state index contributed by atoms with van der Waals surface area (Å²) in [5.74, 6) is 1.04. The van der Waals surface area contributed by atoms with E-state index < -0.39 is 0 Å². The Morgan fingerprint density at radius 1 is 1.36 bits per heavy atom. The maximum Gasteiger partial charge on any atom is 0.106 e. The van der Waals surface area contributed by atoms with Crippen LogP contribution in [0.4, 0.5) is 0 Å². The zero-order valence-electron chi connectivity index (χ0n) is 8.58. The molecule has 0 amide bonds. The van der Waals surface area contributed by atoms with Crippen LogP contribution < -0.4 is 0 Å². The van der Waals surface area contributed by atoms with Crippen LogP contribution in [0.2, 0.25) is 5.02 Å². The molecule has 1 aromatic heterocycles. The molecule has 2 nitrogen and oxygen atoms in total. The Morgan fingerprint density at radius 2 is 2.07 bits per heavy atom. The summed E-state index contributed by atoms with van der Waals surface area (Å²) in [6, 6.07) is 6.22. The van der Waals surface area contributed by atoms with Gasteiger partial charge in [0, 0.05) is 11.1 Å². The normalized spacial score (nSPS) is 11.5. The summed E-state index contributed by atoms with van der Waals surface area (Å²) in [4.78, 5) is 4.48. The van der Waals surface area contributed by atoms with Gasteiger partial charge in [0.2, 0.25) is 0 Å². The number of hydrogen-bond donors (Lipinski definition) is 0. The molecule has 1 heterocycles. The Bertz CT molecular complexity index is 471. The lowest BCUT2D eigenvalue weighted by atomic mass is 10.3. The minimum absolute atomic E-state index is 0.415. The molecule has 2 aromatic rings. The van der Waals surface area contributed by atoms with E-state index in [9.17, 15) is 0 Å². The highest BCUT2D eigenvalue weighted by atomic mass is 35.5. The molecule has 2 rings (SSSR count). The summed E-state index contributed by atoms with van der Waals surface area (Å²) >= 11 is 5.96. The highest BCUT2D eigenvalue weighted by Gasteiger charge is 2.09. The van der Waals surface area contributed by atoms with Crippen LogP contribution in [-0.2, 0) is 0 Å². The van der Waals surface area contributed by atoms with E-state index >= 15 is 0 Å². The van der Waals surface area contributed by atoms with Gasteiger partial charge in [-0.25, -0.2) is 4.98 Å². The van der Waals surface area contributed by atoms with Gasteiger partial charge < -0.3 is 4.57 Å². The lowest BCUT2D eigenvalue weighted by Crippen LogP contribution is -2.02. The number of imidazole rings is 1. The van der Waals surface area contributed by atoms with E-state index in [-0.39, 0.29) is 0 Å². The zero-order valence-corrected chi connectivity index (χ0v) is 9.34. The Kier molecular flexibility index (Phi) is 2.23. The molecule has 0 bridgehead atoms. The predicted molar refractivity (Wildman–Crippen MR) is 59.9 cm³/mol. The Morgan fingerprint density at radius 3 is 2.71 bits per heavy atom. The molecule has 0 saturated heterocycles. The molecule has 74 valence electrons. The van der Waals surface area contributed by atoms with E-state index in [1.807, 2.05) is 25.1 Å². The van der Waals surface area contributed by atoms with Crippen LogP contribution in [0.5, 0.6) is 0 Å². The number of nitrogens with zero attached hydrogens (tertiary/aromatic N) is 2. The van der Waals surface area contributed by atoms with E-state index in [4.69, 9.17) is 11.6 Å². The number of hydrogen-bond acceptors (Lipinski definition) is 1. The minimum atomic E-state index is 0.415. The van der Waals surface area contributed by atoms with Gasteiger partial charge in [0.05, 0.1) is 11.0 Å². The van der Waals surface area contributed by atoms with Crippen molar-refractivity contribution in [3.05, 3.63) is 29.0 Å². The molecule has 0 saturated carbocycles. The number of benzene rings is 1. The van der Waals surface area contributed by atoms with Crippen molar-refractivity contribution in [3.63, 3.8) is 0 Å². The molecular weight excluding hydrogens is 196 g/mol. The second-order valence-corrected chi connectivity index (χ2v) is 4.19. The van der Waals surface area contributed by atoms with Crippen molar-refractivity contribution in [2.75, 3.05) is 0 Å². The topological polar surface area (TPSA) is 17.8 Å². The van der Waals surface area contributed by atoms with E-state index in [0.29, 0.717) is 6.04 Å². The number of halogens is 1. The average Bonchev–Trinajstić information content (AvgIpc) is 2.40. The van der Waals surface area contributed by atoms with Gasteiger partial charge in [0.1, 0.15) is 5.82 Å². The number of rotatable bonds is 1. The van der Waals surface area contributed by atoms with Crippen LogP contribution in [-0.4, -0.2) is 9.55 Å². The van der Waals surface area contributed by atoms with Crippen molar-refractivity contribution in [3.8, 4) is 0 Å². The van der Waals surface area contributed by atoms with Crippen LogP contribution in [0.3, 0.4) is 0 Å². The minimum Gasteiger partial charge on any atom is -0.326 e. The standard InChI is InChI=1S/C11H13ClN2/c1-7(2)14-8(3)13-10-5-4-9(12)6-11(10)14/h4-7H,1-3H3. The molecule has 0 unspecified atom stereocenters. The van der Waals surface area contributed by atoms with Gasteiger partial charge in [-0.05, 0) is 39.0 Å². The van der Waals surface area contributed by atoms with Gasteiger partial charge in [0.25, 0.3) is 0 Å². The lowest BCUT2D eigenvalue weighted by Gasteiger charge is -2.10. The van der Waals surface area contributed by atoms with E-state index in [1.54, 1.807) is 0 Å². The van der Waals surface area contributed by atoms with Crippen LogP contribution in [0.1, 0.15) is 25.7 Å². The second-order valence-electron chi connectivity index (χ2n) is 3.76. The Labute approximate surface area is 88.5 Å². The van der Waals surface area contributed by atoms with Gasteiger partial charge >= 0.3 is 0 Å². The van der Waals surface area contributed by atoms with Crippen LogP contribution >= 0.6 is 11.6 Å². The van der Waals surface area contributed by atoms with Gasteiger partial charge in [-0.3, -0.25) is 0 Å². The summed E-state index contributed by atoms with van der Waals surface area (Å²) in [7, 11) is 0. The zero-order chi connectivity index (χ0) is 10.3. The van der Waals surface area contributed by atoms with Crippen molar-refractivity contribution in [2.45, 2.75) is 26.8 Å². The van der Waals surface area contributed by atoms with Gasteiger partial charge in [-0.15, -0.1) is 0 Å². The fourth-order valence-electron chi connectivity index (χ4n) is 1.84. The van der Waals surface area contributed by atoms with E-state index in [2.05, 4.69) is 23.4 Å². The highest BCUT2D eigenvalue weighted by molar-refractivity contribution is 6.31. The molecule has 0 aliphatic heterocycles. The van der Waals surface area contributed by atoms with Crippen molar-refractivity contribution in [1.29, 1.82) is 0 Å². The van der Waals surface area contributed by atoms with Crippen molar-refractivity contribution >= 4 is 22.6 Å². The van der Waals surface area contributed by atoms with E-state index in [0.717, 1.165) is 21.9 Å². The molecule has 0 N–H and O–H groups in total. The third-order valence-corrected chi connectivity index (χ3v) is 2.58. The molecule has 0 aliphatic rings. The smallest absolute Gasteiger partial charge is 0.106 e. The highest BCUT2D eigenvalue weighted by Crippen LogP contribution is 2.23.